The number of halogens is 2. The van der Waals surface area contributed by atoms with Crippen LogP contribution in [-0.4, -0.2) is 0 Å². The number of nitrogens with zero attached hydrogens (tertiary/aromatic N) is 1. The molecule has 0 radical (unpaired) electrons. The van der Waals surface area contributed by atoms with E-state index in [1.165, 1.54) is 0 Å². The Morgan fingerprint density at radius 2 is 1.72 bits per heavy atom. The van der Waals surface area contributed by atoms with Crippen LogP contribution in [0.4, 0.5) is 5.69 Å². The molecule has 0 aliphatic heterocycles. The van der Waals surface area contributed by atoms with E-state index in [4.69, 9.17) is 34.2 Å². The monoisotopic (exact) mass is 276 g/mol. The maximum atomic E-state index is 9.10. The minimum absolute atomic E-state index is 0.479. The normalized spacial score (nSPS) is 10.1. The standard InChI is InChI=1S/C14H10Cl2N2/c1-8-12(2-3-14(18)13(8)7-17)9-4-10(15)6-11(16)5-9/h2-6H,18H2,1H3. The van der Waals surface area contributed by atoms with Crippen molar-refractivity contribution >= 4 is 28.9 Å². The fourth-order valence-corrected chi connectivity index (χ4v) is 2.43. The molecule has 0 saturated carbocycles. The summed E-state index contributed by atoms with van der Waals surface area (Å²) < 4.78 is 0. The van der Waals surface area contributed by atoms with Gasteiger partial charge in [-0.2, -0.15) is 5.26 Å². The van der Waals surface area contributed by atoms with E-state index in [0.29, 0.717) is 21.3 Å². The van der Waals surface area contributed by atoms with Crippen molar-refractivity contribution in [2.75, 3.05) is 5.73 Å². The van der Waals surface area contributed by atoms with Gasteiger partial charge in [-0.1, -0.05) is 29.3 Å². The quantitative estimate of drug-likeness (QED) is 0.784. The third-order valence-corrected chi connectivity index (χ3v) is 3.22. The zero-order chi connectivity index (χ0) is 13.3. The second kappa shape index (κ2) is 4.89. The van der Waals surface area contributed by atoms with E-state index in [0.717, 1.165) is 16.7 Å². The van der Waals surface area contributed by atoms with Crippen molar-refractivity contribution in [3.05, 3.63) is 51.5 Å². The number of nitriles is 1. The maximum Gasteiger partial charge on any atom is 0.102 e. The highest BCUT2D eigenvalue weighted by Gasteiger charge is 2.10. The average Bonchev–Trinajstić information content (AvgIpc) is 2.28. The summed E-state index contributed by atoms with van der Waals surface area (Å²) in [7, 11) is 0. The number of hydrogen-bond acceptors (Lipinski definition) is 2. The summed E-state index contributed by atoms with van der Waals surface area (Å²) in [6.07, 6.45) is 0. The summed E-state index contributed by atoms with van der Waals surface area (Å²) in [6.45, 7) is 1.86. The molecular weight excluding hydrogens is 267 g/mol. The number of hydrogen-bond donors (Lipinski definition) is 1. The molecule has 90 valence electrons. The van der Waals surface area contributed by atoms with E-state index >= 15 is 0 Å². The van der Waals surface area contributed by atoms with Crippen molar-refractivity contribution in [1.82, 2.24) is 0 Å². The number of anilines is 1. The van der Waals surface area contributed by atoms with Crippen LogP contribution < -0.4 is 5.73 Å². The first kappa shape index (κ1) is 12.8. The number of benzene rings is 2. The number of rotatable bonds is 1. The molecule has 4 heteroatoms. The van der Waals surface area contributed by atoms with Crippen LogP contribution in [0.3, 0.4) is 0 Å². The lowest BCUT2D eigenvalue weighted by molar-refractivity contribution is 1.39. The minimum atomic E-state index is 0.479. The van der Waals surface area contributed by atoms with Gasteiger partial charge >= 0.3 is 0 Å². The molecule has 18 heavy (non-hydrogen) atoms. The predicted molar refractivity (Wildman–Crippen MR) is 75.8 cm³/mol. The molecule has 2 nitrogen and oxygen atoms in total. The van der Waals surface area contributed by atoms with Crippen molar-refractivity contribution in [2.24, 2.45) is 0 Å². The van der Waals surface area contributed by atoms with E-state index in [2.05, 4.69) is 6.07 Å². The molecule has 0 atom stereocenters. The van der Waals surface area contributed by atoms with E-state index in [1.54, 1.807) is 12.1 Å². The second-order valence-corrected chi connectivity index (χ2v) is 4.85. The second-order valence-electron chi connectivity index (χ2n) is 3.97. The minimum Gasteiger partial charge on any atom is -0.398 e. The first-order valence-corrected chi connectivity index (χ1v) is 6.04. The molecule has 2 aromatic rings. The van der Waals surface area contributed by atoms with Gasteiger partial charge in [0.05, 0.1) is 5.56 Å². The van der Waals surface area contributed by atoms with Crippen LogP contribution in [0, 0.1) is 18.3 Å². The molecule has 2 N–H and O–H groups in total. The SMILES string of the molecule is Cc1c(-c2cc(Cl)cc(Cl)c2)ccc(N)c1C#N. The molecule has 0 fully saturated rings. The molecule has 0 amide bonds. The molecule has 0 bridgehead atoms. The number of nitrogen functional groups attached to an aromatic ring is 1. The maximum absolute atomic E-state index is 9.10. The van der Waals surface area contributed by atoms with Crippen molar-refractivity contribution in [1.29, 1.82) is 5.26 Å². The van der Waals surface area contributed by atoms with Crippen molar-refractivity contribution in [3.63, 3.8) is 0 Å². The Morgan fingerprint density at radius 1 is 1.11 bits per heavy atom. The third kappa shape index (κ3) is 2.28. The average molecular weight is 277 g/mol. The van der Waals surface area contributed by atoms with Crippen molar-refractivity contribution < 1.29 is 0 Å². The predicted octanol–water partition coefficient (Wildman–Crippen LogP) is 4.42. The van der Waals surface area contributed by atoms with Crippen LogP contribution >= 0.6 is 23.2 Å². The Kier molecular flexibility index (Phi) is 3.47. The van der Waals surface area contributed by atoms with Crippen LogP contribution in [0.15, 0.2) is 30.3 Å². The molecular formula is C14H10Cl2N2. The van der Waals surface area contributed by atoms with Crippen LogP contribution in [0.25, 0.3) is 11.1 Å². The van der Waals surface area contributed by atoms with Gasteiger partial charge in [0, 0.05) is 15.7 Å². The van der Waals surface area contributed by atoms with E-state index in [1.807, 2.05) is 25.1 Å². The zero-order valence-corrected chi connectivity index (χ0v) is 11.2. The van der Waals surface area contributed by atoms with Crippen molar-refractivity contribution in [3.8, 4) is 17.2 Å². The van der Waals surface area contributed by atoms with Gasteiger partial charge in [0.25, 0.3) is 0 Å². The van der Waals surface area contributed by atoms with E-state index < -0.39 is 0 Å². The van der Waals surface area contributed by atoms with Crippen LogP contribution in [0.2, 0.25) is 10.0 Å². The van der Waals surface area contributed by atoms with Gasteiger partial charge in [0.15, 0.2) is 0 Å². The van der Waals surface area contributed by atoms with Gasteiger partial charge in [-0.05, 0) is 47.9 Å². The summed E-state index contributed by atoms with van der Waals surface area (Å²) in [4.78, 5) is 0. The summed E-state index contributed by atoms with van der Waals surface area (Å²) in [5.41, 5.74) is 9.35. The zero-order valence-electron chi connectivity index (χ0n) is 9.67. The molecule has 0 heterocycles. The fraction of sp³-hybridized carbons (Fsp3) is 0.0714. The Bertz CT molecular complexity index is 637. The Balaban J connectivity index is 2.69. The Hall–Kier alpha value is -1.69. The lowest BCUT2D eigenvalue weighted by Crippen LogP contribution is -1.95. The first-order chi connectivity index (χ1) is 8.52. The third-order valence-electron chi connectivity index (χ3n) is 2.78. The molecule has 0 unspecified atom stereocenters. The van der Waals surface area contributed by atoms with Gasteiger partial charge in [0.2, 0.25) is 0 Å². The summed E-state index contributed by atoms with van der Waals surface area (Å²) in [6, 6.07) is 11.0. The van der Waals surface area contributed by atoms with Gasteiger partial charge < -0.3 is 5.73 Å². The number of nitrogens with two attached hydrogens (primary N) is 1. The molecule has 0 aromatic heterocycles. The molecule has 2 aromatic carbocycles. The van der Waals surface area contributed by atoms with Crippen molar-refractivity contribution in [2.45, 2.75) is 6.92 Å². The Labute approximate surface area is 116 Å². The van der Waals surface area contributed by atoms with E-state index in [9.17, 15) is 0 Å². The molecule has 0 saturated heterocycles. The van der Waals surface area contributed by atoms with Gasteiger partial charge in [-0.3, -0.25) is 0 Å². The highest BCUT2D eigenvalue weighted by molar-refractivity contribution is 6.35. The van der Waals surface area contributed by atoms with Gasteiger partial charge in [-0.25, -0.2) is 0 Å². The topological polar surface area (TPSA) is 49.8 Å². The lowest BCUT2D eigenvalue weighted by Gasteiger charge is -2.10. The highest BCUT2D eigenvalue weighted by Crippen LogP contribution is 2.32. The Morgan fingerprint density at radius 3 is 2.28 bits per heavy atom. The van der Waals surface area contributed by atoms with Crippen LogP contribution in [0.5, 0.6) is 0 Å². The van der Waals surface area contributed by atoms with Gasteiger partial charge in [-0.15, -0.1) is 0 Å². The molecule has 0 aliphatic carbocycles. The summed E-state index contributed by atoms with van der Waals surface area (Å²) in [5.74, 6) is 0. The molecule has 0 spiro atoms. The van der Waals surface area contributed by atoms with E-state index in [-0.39, 0.29) is 0 Å². The molecule has 0 aliphatic rings. The lowest BCUT2D eigenvalue weighted by atomic mass is 9.96. The molecule has 2 rings (SSSR count). The smallest absolute Gasteiger partial charge is 0.102 e. The van der Waals surface area contributed by atoms with Crippen LogP contribution in [0.1, 0.15) is 11.1 Å². The van der Waals surface area contributed by atoms with Crippen LogP contribution in [-0.2, 0) is 0 Å². The largest absolute Gasteiger partial charge is 0.398 e. The fourth-order valence-electron chi connectivity index (χ4n) is 1.90. The van der Waals surface area contributed by atoms with Gasteiger partial charge in [0.1, 0.15) is 6.07 Å². The summed E-state index contributed by atoms with van der Waals surface area (Å²) >= 11 is 12.0. The first-order valence-electron chi connectivity index (χ1n) is 5.28. The summed E-state index contributed by atoms with van der Waals surface area (Å²) in [5, 5.41) is 10.2. The highest BCUT2D eigenvalue weighted by atomic mass is 35.5.